The molecule has 392 valence electrons. The summed E-state index contributed by atoms with van der Waals surface area (Å²) in [7, 11) is 3.36. The number of amides is 6. The molecule has 0 spiro atoms. The molecule has 1 fully saturated rings. The quantitative estimate of drug-likeness (QED) is 0.0888. The molecule has 3 aromatic carbocycles. The van der Waals surface area contributed by atoms with E-state index in [9.17, 15) is 19.2 Å². The number of benzene rings is 3. The molecule has 17 heteroatoms. The zero-order valence-corrected chi connectivity index (χ0v) is 44.4. The van der Waals surface area contributed by atoms with Crippen LogP contribution in [0, 0.1) is 17.8 Å². The summed E-state index contributed by atoms with van der Waals surface area (Å²) in [5.74, 6) is -1.83. The Hall–Kier alpha value is -6.46. The van der Waals surface area contributed by atoms with Gasteiger partial charge in [0.1, 0.15) is 24.2 Å². The van der Waals surface area contributed by atoms with Crippen LogP contribution >= 0.6 is 0 Å². The molecular weight excluding hydrogens is 925 g/mol. The number of carbonyl (C=O) groups excluding carboxylic acids is 6. The molecule has 1 aromatic heterocycles. The summed E-state index contributed by atoms with van der Waals surface area (Å²) in [6, 6.07) is 18.0. The standard InChI is InChI=1S/C56H76N10O7/c1-32(57-10)49(67)62-46(55(4,5)6)53(71)65-30-39-27-37(24-25-38(39)28-44(65)51(69)60-42-23-17-21-36-20-15-16-22-41(36)42)40-29-45(66(31-40)54(72)47(56(7,8)9)63-50(68)33(2)58-11)52(70)61-43(48-59-34(3)73-64-48)26-35-18-13-12-14-19-35/h12-16,18-20,22,24-25,27,32-33,40,42-47,57-58H,17,21,23,26,28-31H2,1-11H3,(H,60,69)(H,61,70)(H,62,67)(H,63,68). The van der Waals surface area contributed by atoms with E-state index in [0.717, 1.165) is 47.1 Å². The largest absolute Gasteiger partial charge is 0.347 e. The highest BCUT2D eigenvalue weighted by molar-refractivity contribution is 5.95. The molecule has 2 aliphatic heterocycles. The molecule has 7 rings (SSSR count). The van der Waals surface area contributed by atoms with Crippen LogP contribution in [0.4, 0.5) is 0 Å². The minimum absolute atomic E-state index is 0.0811. The third-order valence-corrected chi connectivity index (χ3v) is 14.9. The molecule has 1 aliphatic carbocycles. The molecule has 3 heterocycles. The van der Waals surface area contributed by atoms with Crippen LogP contribution in [0.5, 0.6) is 0 Å². The van der Waals surface area contributed by atoms with E-state index in [2.05, 4.69) is 54.2 Å². The van der Waals surface area contributed by atoms with E-state index in [4.69, 9.17) is 4.52 Å². The summed E-state index contributed by atoms with van der Waals surface area (Å²) in [6.45, 7) is 16.7. The summed E-state index contributed by atoms with van der Waals surface area (Å²) in [6.07, 6.45) is 3.46. The fourth-order valence-electron chi connectivity index (χ4n) is 10.3. The lowest BCUT2D eigenvalue weighted by Gasteiger charge is -2.42. The van der Waals surface area contributed by atoms with Crippen molar-refractivity contribution >= 4 is 35.4 Å². The van der Waals surface area contributed by atoms with Crippen molar-refractivity contribution in [3.63, 3.8) is 0 Å². The second kappa shape index (κ2) is 22.8. The van der Waals surface area contributed by atoms with Crippen molar-refractivity contribution in [3.8, 4) is 0 Å². The molecule has 6 amide bonds. The number of carbonyl (C=O) groups is 6. The Morgan fingerprint density at radius 2 is 1.34 bits per heavy atom. The predicted octanol–water partition coefficient (Wildman–Crippen LogP) is 4.89. The van der Waals surface area contributed by atoms with Crippen molar-refractivity contribution in [3.05, 3.63) is 118 Å². The average molecular weight is 1000 g/mol. The van der Waals surface area contributed by atoms with Crippen molar-refractivity contribution in [1.29, 1.82) is 0 Å². The second-order valence-corrected chi connectivity index (χ2v) is 22.4. The highest BCUT2D eigenvalue weighted by Gasteiger charge is 2.47. The van der Waals surface area contributed by atoms with Crippen LogP contribution in [0.2, 0.25) is 0 Å². The van der Waals surface area contributed by atoms with Gasteiger partial charge in [-0.15, -0.1) is 0 Å². The first-order valence-electron chi connectivity index (χ1n) is 25.8. The maximum Gasteiger partial charge on any atom is 0.246 e. The first-order valence-corrected chi connectivity index (χ1v) is 25.8. The van der Waals surface area contributed by atoms with Gasteiger partial charge < -0.3 is 46.2 Å². The maximum absolute atomic E-state index is 15.1. The molecule has 4 aromatic rings. The van der Waals surface area contributed by atoms with Gasteiger partial charge in [0.05, 0.1) is 24.2 Å². The number of rotatable bonds is 16. The van der Waals surface area contributed by atoms with E-state index in [0.29, 0.717) is 18.1 Å². The first kappa shape index (κ1) is 54.3. The normalized spacial score (nSPS) is 20.9. The Bertz CT molecular complexity index is 2640. The number of likely N-dealkylation sites (N-methyl/N-ethyl adjacent to an activating group) is 2. The van der Waals surface area contributed by atoms with Crippen LogP contribution in [0.15, 0.2) is 77.3 Å². The fourth-order valence-corrected chi connectivity index (χ4v) is 10.3. The molecule has 6 N–H and O–H groups in total. The summed E-state index contributed by atoms with van der Waals surface area (Å²) < 4.78 is 5.36. The van der Waals surface area contributed by atoms with Gasteiger partial charge >= 0.3 is 0 Å². The van der Waals surface area contributed by atoms with Gasteiger partial charge in [0.15, 0.2) is 5.82 Å². The minimum Gasteiger partial charge on any atom is -0.347 e. The topological polar surface area (TPSA) is 220 Å². The zero-order chi connectivity index (χ0) is 52.9. The van der Waals surface area contributed by atoms with Crippen LogP contribution in [0.25, 0.3) is 0 Å². The minimum atomic E-state index is -0.981. The smallest absolute Gasteiger partial charge is 0.246 e. The van der Waals surface area contributed by atoms with E-state index in [1.807, 2.05) is 102 Å². The lowest BCUT2D eigenvalue weighted by molar-refractivity contribution is -0.147. The number of nitrogens with one attached hydrogen (secondary N) is 6. The van der Waals surface area contributed by atoms with Crippen LogP contribution in [-0.4, -0.2) is 112 Å². The molecule has 9 atom stereocenters. The van der Waals surface area contributed by atoms with Gasteiger partial charge in [-0.05, 0) is 97.8 Å². The van der Waals surface area contributed by atoms with Crippen molar-refractivity contribution < 1.29 is 33.3 Å². The summed E-state index contributed by atoms with van der Waals surface area (Å²) in [4.78, 5) is 94.4. The van der Waals surface area contributed by atoms with Gasteiger partial charge in [-0.25, -0.2) is 0 Å². The Morgan fingerprint density at radius 3 is 1.95 bits per heavy atom. The van der Waals surface area contributed by atoms with E-state index in [1.165, 1.54) is 5.56 Å². The third kappa shape index (κ3) is 12.7. The SMILES string of the molecule is CNC(C)C(=O)NC(C(=O)N1CC(c2ccc3c(c2)CN(C(=O)C(NC(=O)C(C)NC)C(C)(C)C)C(C(=O)NC2CCCc4ccccc42)C3)CC1C(=O)NC(Cc1ccccc1)c1noc(C)n1)C(C)(C)C. The number of nitrogens with zero attached hydrogens (tertiary/aromatic N) is 4. The molecule has 1 saturated heterocycles. The maximum atomic E-state index is 15.1. The Kier molecular flexibility index (Phi) is 16.9. The Balaban J connectivity index is 1.24. The van der Waals surface area contributed by atoms with E-state index >= 15 is 9.59 Å². The highest BCUT2D eigenvalue weighted by Crippen LogP contribution is 2.38. The molecule has 0 bridgehead atoms. The van der Waals surface area contributed by atoms with Gasteiger partial charge in [0, 0.05) is 38.8 Å². The number of aryl methyl sites for hydroxylation is 2. The van der Waals surface area contributed by atoms with Crippen LogP contribution in [0.1, 0.15) is 138 Å². The van der Waals surface area contributed by atoms with Crippen molar-refractivity contribution in [2.24, 2.45) is 10.8 Å². The fraction of sp³-hybridized carbons (Fsp3) is 0.536. The zero-order valence-electron chi connectivity index (χ0n) is 44.4. The predicted molar refractivity (Wildman–Crippen MR) is 277 cm³/mol. The molecule has 0 radical (unpaired) electrons. The highest BCUT2D eigenvalue weighted by atomic mass is 16.5. The van der Waals surface area contributed by atoms with Crippen molar-refractivity contribution in [2.45, 2.75) is 162 Å². The number of hydrogen-bond donors (Lipinski definition) is 6. The third-order valence-electron chi connectivity index (χ3n) is 14.9. The van der Waals surface area contributed by atoms with Gasteiger partial charge in [-0.3, -0.25) is 28.8 Å². The Morgan fingerprint density at radius 1 is 0.726 bits per heavy atom. The Labute approximate surface area is 430 Å². The van der Waals surface area contributed by atoms with Crippen molar-refractivity contribution in [1.82, 2.24) is 51.8 Å². The first-order chi connectivity index (χ1) is 34.6. The van der Waals surface area contributed by atoms with E-state index < -0.39 is 64.9 Å². The number of likely N-dealkylation sites (tertiary alicyclic amines) is 1. The lowest BCUT2D eigenvalue weighted by Crippen LogP contribution is -2.62. The number of aromatic nitrogens is 2. The molecule has 73 heavy (non-hydrogen) atoms. The van der Waals surface area contributed by atoms with Gasteiger partial charge in [-0.2, -0.15) is 4.98 Å². The summed E-state index contributed by atoms with van der Waals surface area (Å²) in [5.41, 5.74) is 4.32. The molecule has 3 aliphatic rings. The van der Waals surface area contributed by atoms with Crippen LogP contribution in [-0.2, 0) is 54.6 Å². The molecule has 9 unspecified atom stereocenters. The van der Waals surface area contributed by atoms with Crippen molar-refractivity contribution in [2.75, 3.05) is 20.6 Å². The summed E-state index contributed by atoms with van der Waals surface area (Å²) in [5, 5.41) is 22.6. The number of hydrogen-bond acceptors (Lipinski definition) is 11. The van der Waals surface area contributed by atoms with E-state index in [-0.39, 0.29) is 61.5 Å². The summed E-state index contributed by atoms with van der Waals surface area (Å²) >= 11 is 0. The van der Waals surface area contributed by atoms with Crippen LogP contribution in [0.3, 0.4) is 0 Å². The van der Waals surface area contributed by atoms with E-state index in [1.54, 1.807) is 44.7 Å². The molecule has 17 nitrogen and oxygen atoms in total. The lowest BCUT2D eigenvalue weighted by atomic mass is 9.83. The van der Waals surface area contributed by atoms with Crippen LogP contribution < -0.4 is 31.9 Å². The van der Waals surface area contributed by atoms with Gasteiger partial charge in [0.2, 0.25) is 41.3 Å². The van der Waals surface area contributed by atoms with Gasteiger partial charge in [0.25, 0.3) is 0 Å². The monoisotopic (exact) mass is 1000 g/mol. The average Bonchev–Trinajstić information content (AvgIpc) is 4.02. The number of fused-ring (bicyclic) bond motifs is 2. The molecule has 0 saturated carbocycles. The van der Waals surface area contributed by atoms with Gasteiger partial charge in [-0.1, -0.05) is 119 Å². The second-order valence-electron chi connectivity index (χ2n) is 22.4. The molecular formula is C56H76N10O7.